The third kappa shape index (κ3) is 7.41. The molecule has 1 saturated heterocycles. The lowest BCUT2D eigenvalue weighted by Crippen LogP contribution is -2.58. The van der Waals surface area contributed by atoms with Gasteiger partial charge in [0.1, 0.15) is 11.4 Å². The highest BCUT2D eigenvalue weighted by Crippen LogP contribution is 2.40. The van der Waals surface area contributed by atoms with Crippen LogP contribution in [0.5, 0.6) is 0 Å². The summed E-state index contributed by atoms with van der Waals surface area (Å²) < 4.78 is 26.0. The van der Waals surface area contributed by atoms with Crippen LogP contribution in [0, 0.1) is 24.1 Å². The lowest BCUT2D eigenvalue weighted by Gasteiger charge is -2.43. The highest BCUT2D eigenvalue weighted by atomic mass is 19.1. The number of nitrogens with zero attached hydrogens (tertiary/aromatic N) is 3. The first-order chi connectivity index (χ1) is 19.2. The molecule has 1 fully saturated rings. The van der Waals surface area contributed by atoms with Crippen LogP contribution in [0.15, 0.2) is 47.6 Å². The molecule has 222 valence electrons. The van der Waals surface area contributed by atoms with Crippen molar-refractivity contribution in [2.45, 2.75) is 85.0 Å². The quantitative estimate of drug-likeness (QED) is 0.375. The van der Waals surface area contributed by atoms with Crippen molar-refractivity contribution in [3.63, 3.8) is 0 Å². The number of carbonyl (C=O) groups is 1. The zero-order valence-electron chi connectivity index (χ0n) is 25.4. The van der Waals surface area contributed by atoms with E-state index in [0.29, 0.717) is 11.8 Å². The summed E-state index contributed by atoms with van der Waals surface area (Å²) in [5.41, 5.74) is 2.81. The van der Waals surface area contributed by atoms with Gasteiger partial charge in [-0.05, 0) is 76.1 Å². The van der Waals surface area contributed by atoms with Gasteiger partial charge in [0.05, 0.1) is 17.9 Å². The maximum absolute atomic E-state index is 13.4. The smallest absolute Gasteiger partial charge is 0.336 e. The first-order valence-corrected chi connectivity index (χ1v) is 14.5. The molecule has 0 aliphatic carbocycles. The second-order valence-corrected chi connectivity index (χ2v) is 13.1. The summed E-state index contributed by atoms with van der Waals surface area (Å²) in [5, 5.41) is 10.3. The number of hydrogen-bond donors (Lipinski definition) is 1. The molecule has 41 heavy (non-hydrogen) atoms. The standard InChI is InChI=1S/C33H44FN3O4/c1-22-18-27(26-20-35-23(2)19-28(26)37-15-13-32(6,7)14-16-37)36-21-33(22,29(30(38)39)41-31(3,4)5)40-17-12-24-8-10-25(34)11-9-24/h8-11,18-22,29H,12-17H2,1-7H3,(H,38,39). The molecule has 3 unspecified atom stereocenters. The second-order valence-electron chi connectivity index (χ2n) is 13.1. The van der Waals surface area contributed by atoms with Crippen LogP contribution in [-0.2, 0) is 20.7 Å². The molecule has 0 saturated carbocycles. The predicted octanol–water partition coefficient (Wildman–Crippen LogP) is 6.48. The number of carboxylic acids is 1. The van der Waals surface area contributed by atoms with Crippen molar-refractivity contribution in [2.24, 2.45) is 16.3 Å². The first kappa shape index (κ1) is 30.8. The lowest BCUT2D eigenvalue weighted by atomic mass is 9.80. The number of anilines is 1. The van der Waals surface area contributed by atoms with Gasteiger partial charge in [-0.25, -0.2) is 9.18 Å². The van der Waals surface area contributed by atoms with Crippen LogP contribution in [-0.4, -0.2) is 59.3 Å². The normalized spacial score (nSPS) is 23.3. The fourth-order valence-electron chi connectivity index (χ4n) is 5.45. The molecule has 2 aromatic rings. The van der Waals surface area contributed by atoms with Gasteiger partial charge in [-0.1, -0.05) is 39.0 Å². The van der Waals surface area contributed by atoms with Gasteiger partial charge in [-0.15, -0.1) is 0 Å². The largest absolute Gasteiger partial charge is 0.479 e. The monoisotopic (exact) mass is 565 g/mol. The molecule has 0 radical (unpaired) electrons. The molecule has 0 amide bonds. The first-order valence-electron chi connectivity index (χ1n) is 14.5. The molecule has 2 aliphatic rings. The van der Waals surface area contributed by atoms with Crippen molar-refractivity contribution >= 4 is 23.6 Å². The SMILES string of the molecule is Cc1cc(N2CCC(C)(C)CC2)c(C2=CC(C)C(OCCc3ccc(F)cc3)(C(OC(C)(C)C)C(=O)O)C=N2)cn1. The Morgan fingerprint density at radius 1 is 1.20 bits per heavy atom. The van der Waals surface area contributed by atoms with Crippen LogP contribution in [0.3, 0.4) is 0 Å². The van der Waals surface area contributed by atoms with Gasteiger partial charge in [-0.3, -0.25) is 9.98 Å². The molecule has 4 rings (SSSR count). The summed E-state index contributed by atoms with van der Waals surface area (Å²) in [7, 11) is 0. The van der Waals surface area contributed by atoms with E-state index in [4.69, 9.17) is 14.5 Å². The Bertz CT molecular complexity index is 1290. The summed E-state index contributed by atoms with van der Waals surface area (Å²) in [6.07, 6.45) is 6.84. The third-order valence-electron chi connectivity index (χ3n) is 8.04. The van der Waals surface area contributed by atoms with Gasteiger partial charge in [0, 0.05) is 48.4 Å². The molecular formula is C33H44FN3O4. The number of benzene rings is 1. The van der Waals surface area contributed by atoms with E-state index in [-0.39, 0.29) is 18.3 Å². The number of pyridine rings is 1. The minimum absolute atomic E-state index is 0.212. The number of aromatic nitrogens is 1. The molecule has 0 bridgehead atoms. The Labute approximate surface area is 243 Å². The topological polar surface area (TPSA) is 84.2 Å². The zero-order valence-corrected chi connectivity index (χ0v) is 25.4. The van der Waals surface area contributed by atoms with Crippen LogP contribution in [0.25, 0.3) is 5.70 Å². The van der Waals surface area contributed by atoms with Gasteiger partial charge in [-0.2, -0.15) is 0 Å². The fraction of sp³-hybridized carbons (Fsp3) is 0.545. The Kier molecular flexibility index (Phi) is 9.04. The van der Waals surface area contributed by atoms with Crippen molar-refractivity contribution in [2.75, 3.05) is 24.6 Å². The summed E-state index contributed by atoms with van der Waals surface area (Å²) >= 11 is 0. The van der Waals surface area contributed by atoms with Crippen LogP contribution >= 0.6 is 0 Å². The molecule has 2 aliphatic heterocycles. The Hall–Kier alpha value is -3.10. The average Bonchev–Trinajstić information content (AvgIpc) is 2.89. The lowest BCUT2D eigenvalue weighted by molar-refractivity contribution is -0.192. The fourth-order valence-corrected chi connectivity index (χ4v) is 5.45. The van der Waals surface area contributed by atoms with Crippen LogP contribution in [0.4, 0.5) is 10.1 Å². The van der Waals surface area contributed by atoms with Crippen molar-refractivity contribution in [1.29, 1.82) is 0 Å². The number of aliphatic carboxylic acids is 1. The number of carboxylic acid groups (broad SMARTS) is 1. The Morgan fingerprint density at radius 2 is 1.85 bits per heavy atom. The van der Waals surface area contributed by atoms with E-state index in [1.807, 2.05) is 46.9 Å². The van der Waals surface area contributed by atoms with Gasteiger partial charge < -0.3 is 19.5 Å². The highest BCUT2D eigenvalue weighted by molar-refractivity contribution is 5.91. The third-order valence-corrected chi connectivity index (χ3v) is 8.04. The van der Waals surface area contributed by atoms with Gasteiger partial charge in [0.2, 0.25) is 0 Å². The Balaban J connectivity index is 1.66. The summed E-state index contributed by atoms with van der Waals surface area (Å²) in [5.74, 6) is -1.81. The molecule has 1 N–H and O–H groups in total. The molecule has 0 spiro atoms. The molecule has 7 nitrogen and oxygen atoms in total. The van der Waals surface area contributed by atoms with Crippen molar-refractivity contribution < 1.29 is 23.8 Å². The number of ether oxygens (including phenoxy) is 2. The Morgan fingerprint density at radius 3 is 2.44 bits per heavy atom. The number of piperidine rings is 1. The predicted molar refractivity (Wildman–Crippen MR) is 161 cm³/mol. The molecular weight excluding hydrogens is 521 g/mol. The number of hydrogen-bond acceptors (Lipinski definition) is 6. The number of rotatable bonds is 9. The van der Waals surface area contributed by atoms with E-state index >= 15 is 0 Å². The molecule has 1 aromatic heterocycles. The van der Waals surface area contributed by atoms with E-state index in [1.54, 1.807) is 18.3 Å². The van der Waals surface area contributed by atoms with Crippen molar-refractivity contribution in [1.82, 2.24) is 4.98 Å². The molecule has 1 aromatic carbocycles. The minimum atomic E-state index is -1.35. The number of halogens is 1. The highest BCUT2D eigenvalue weighted by Gasteiger charge is 2.51. The van der Waals surface area contributed by atoms with E-state index in [1.165, 1.54) is 12.1 Å². The summed E-state index contributed by atoms with van der Waals surface area (Å²) in [4.78, 5) is 24.5. The maximum Gasteiger partial charge on any atom is 0.336 e. The average molecular weight is 566 g/mol. The van der Waals surface area contributed by atoms with E-state index < -0.39 is 23.3 Å². The van der Waals surface area contributed by atoms with Gasteiger partial charge in [0.15, 0.2) is 6.10 Å². The minimum Gasteiger partial charge on any atom is -0.479 e. The molecule has 3 heterocycles. The summed E-state index contributed by atoms with van der Waals surface area (Å²) in [6, 6.07) is 8.33. The van der Waals surface area contributed by atoms with Crippen molar-refractivity contribution in [3.8, 4) is 0 Å². The van der Waals surface area contributed by atoms with Gasteiger partial charge in [0.25, 0.3) is 0 Å². The summed E-state index contributed by atoms with van der Waals surface area (Å²) in [6.45, 7) is 16.1. The molecule has 3 atom stereocenters. The number of aryl methyl sites for hydroxylation is 1. The second kappa shape index (κ2) is 12.0. The zero-order chi connectivity index (χ0) is 30.0. The maximum atomic E-state index is 13.4. The van der Waals surface area contributed by atoms with Crippen LogP contribution in [0.2, 0.25) is 0 Å². The van der Waals surface area contributed by atoms with Crippen LogP contribution < -0.4 is 4.90 Å². The van der Waals surface area contributed by atoms with E-state index in [0.717, 1.165) is 54.1 Å². The molecule has 8 heteroatoms. The van der Waals surface area contributed by atoms with Gasteiger partial charge >= 0.3 is 5.97 Å². The van der Waals surface area contributed by atoms with E-state index in [2.05, 4.69) is 29.8 Å². The number of aliphatic imine (C=N–C) groups is 1. The van der Waals surface area contributed by atoms with E-state index in [9.17, 15) is 14.3 Å². The van der Waals surface area contributed by atoms with Crippen molar-refractivity contribution in [3.05, 3.63) is 65.2 Å². The van der Waals surface area contributed by atoms with Crippen LogP contribution in [0.1, 0.15) is 71.2 Å².